The number of carbonyl (C=O) groups is 1. The van der Waals surface area contributed by atoms with Gasteiger partial charge in [-0.1, -0.05) is 29.8 Å². The molecule has 0 fully saturated rings. The maximum absolute atomic E-state index is 13.3. The third-order valence-electron chi connectivity index (χ3n) is 6.01. The molecule has 39 heavy (non-hydrogen) atoms. The van der Waals surface area contributed by atoms with Crippen molar-refractivity contribution in [1.29, 1.82) is 0 Å². The van der Waals surface area contributed by atoms with Crippen LogP contribution in [-0.2, 0) is 0 Å². The summed E-state index contributed by atoms with van der Waals surface area (Å²) in [6.45, 7) is 1.88. The fourth-order valence-corrected chi connectivity index (χ4v) is 3.96. The van der Waals surface area contributed by atoms with Gasteiger partial charge in [0.2, 0.25) is 0 Å². The topological polar surface area (TPSA) is 80.4 Å². The van der Waals surface area contributed by atoms with Crippen LogP contribution in [0.1, 0.15) is 28.8 Å². The number of benzene rings is 3. The van der Waals surface area contributed by atoms with E-state index in [2.05, 4.69) is 10.3 Å². The normalized spacial score (nSPS) is 11.2. The third kappa shape index (κ3) is 7.28. The van der Waals surface area contributed by atoms with Crippen LogP contribution >= 0.6 is 0 Å². The number of hydrogen-bond donors (Lipinski definition) is 2. The van der Waals surface area contributed by atoms with Gasteiger partial charge in [0.15, 0.2) is 0 Å². The lowest BCUT2D eigenvalue weighted by Crippen LogP contribution is -2.25. The molecule has 9 heteroatoms. The highest BCUT2D eigenvalue weighted by molar-refractivity contribution is 6.08. The Morgan fingerprint density at radius 1 is 0.897 bits per heavy atom. The van der Waals surface area contributed by atoms with E-state index in [1.54, 1.807) is 61.7 Å². The summed E-state index contributed by atoms with van der Waals surface area (Å²) in [4.78, 5) is 29.3. The van der Waals surface area contributed by atoms with Gasteiger partial charge in [0.1, 0.15) is 17.1 Å². The Hall–Kier alpha value is -4.53. The van der Waals surface area contributed by atoms with Crippen LogP contribution in [0.5, 0.6) is 11.5 Å². The maximum Gasteiger partial charge on any atom is 0.389 e. The van der Waals surface area contributed by atoms with Gasteiger partial charge in [0.25, 0.3) is 11.5 Å². The number of aromatic amines is 1. The van der Waals surface area contributed by atoms with Crippen LogP contribution in [0, 0.1) is 6.92 Å². The van der Waals surface area contributed by atoms with Gasteiger partial charge in [0, 0.05) is 23.4 Å². The molecule has 1 amide bonds. The van der Waals surface area contributed by atoms with Crippen molar-refractivity contribution in [3.63, 3.8) is 0 Å². The van der Waals surface area contributed by atoms with E-state index >= 15 is 0 Å². The SMILES string of the molecule is COc1ccc(NC(=O)c2c(-c3ccc(C)cc3)cc(-c3ccc(OCCCC(F)(F)F)cc3)[nH]c2=O)cc1. The lowest BCUT2D eigenvalue weighted by molar-refractivity contribution is -0.136. The van der Waals surface area contributed by atoms with Crippen molar-refractivity contribution in [3.8, 4) is 33.9 Å². The van der Waals surface area contributed by atoms with Crippen LogP contribution in [0.4, 0.5) is 18.9 Å². The summed E-state index contributed by atoms with van der Waals surface area (Å²) in [6, 6.07) is 22.6. The number of ether oxygens (including phenoxy) is 2. The number of carbonyl (C=O) groups excluding carboxylic acids is 1. The Morgan fingerprint density at radius 2 is 1.51 bits per heavy atom. The second-order valence-corrected chi connectivity index (χ2v) is 8.94. The van der Waals surface area contributed by atoms with Crippen LogP contribution < -0.4 is 20.3 Å². The Morgan fingerprint density at radius 3 is 2.13 bits per heavy atom. The highest BCUT2D eigenvalue weighted by atomic mass is 19.4. The molecule has 1 heterocycles. The summed E-state index contributed by atoms with van der Waals surface area (Å²) < 4.78 is 47.5. The molecule has 0 unspecified atom stereocenters. The van der Waals surface area contributed by atoms with E-state index < -0.39 is 24.1 Å². The van der Waals surface area contributed by atoms with Crippen molar-refractivity contribution in [1.82, 2.24) is 4.98 Å². The summed E-state index contributed by atoms with van der Waals surface area (Å²) in [6.07, 6.45) is -5.27. The van der Waals surface area contributed by atoms with Crippen LogP contribution in [0.2, 0.25) is 0 Å². The van der Waals surface area contributed by atoms with Gasteiger partial charge in [-0.3, -0.25) is 9.59 Å². The molecule has 6 nitrogen and oxygen atoms in total. The molecule has 0 aliphatic heterocycles. The predicted molar refractivity (Wildman–Crippen MR) is 144 cm³/mol. The van der Waals surface area contributed by atoms with Crippen molar-refractivity contribution in [2.24, 2.45) is 0 Å². The lowest BCUT2D eigenvalue weighted by Gasteiger charge is -2.13. The summed E-state index contributed by atoms with van der Waals surface area (Å²) in [5, 5.41) is 2.77. The summed E-state index contributed by atoms with van der Waals surface area (Å²) in [5.41, 5.74) is 3.18. The smallest absolute Gasteiger partial charge is 0.389 e. The van der Waals surface area contributed by atoms with E-state index in [1.807, 2.05) is 31.2 Å². The monoisotopic (exact) mass is 536 g/mol. The fraction of sp³-hybridized carbons (Fsp3) is 0.200. The van der Waals surface area contributed by atoms with Gasteiger partial charge in [-0.05, 0) is 79.1 Å². The van der Waals surface area contributed by atoms with Crippen LogP contribution in [-0.4, -0.2) is 30.8 Å². The number of halogens is 3. The molecule has 3 aromatic carbocycles. The van der Waals surface area contributed by atoms with E-state index in [0.29, 0.717) is 39.6 Å². The van der Waals surface area contributed by atoms with Crippen molar-refractivity contribution in [2.75, 3.05) is 19.0 Å². The number of amides is 1. The molecule has 0 atom stereocenters. The van der Waals surface area contributed by atoms with Crippen molar-refractivity contribution in [2.45, 2.75) is 25.9 Å². The number of nitrogens with one attached hydrogen (secondary N) is 2. The van der Waals surface area contributed by atoms with E-state index in [4.69, 9.17) is 9.47 Å². The molecule has 0 aliphatic rings. The van der Waals surface area contributed by atoms with Crippen molar-refractivity contribution in [3.05, 3.63) is 100 Å². The van der Waals surface area contributed by atoms with E-state index in [0.717, 1.165) is 5.56 Å². The number of H-pyrrole nitrogens is 1. The first-order valence-corrected chi connectivity index (χ1v) is 12.2. The number of methoxy groups -OCH3 is 1. The van der Waals surface area contributed by atoms with Gasteiger partial charge in [-0.25, -0.2) is 0 Å². The zero-order valence-corrected chi connectivity index (χ0v) is 21.4. The quantitative estimate of drug-likeness (QED) is 0.226. The minimum absolute atomic E-state index is 0.0389. The third-order valence-corrected chi connectivity index (χ3v) is 6.01. The molecule has 0 bridgehead atoms. The van der Waals surface area contributed by atoms with Crippen LogP contribution in [0.3, 0.4) is 0 Å². The second-order valence-electron chi connectivity index (χ2n) is 8.94. The van der Waals surface area contributed by atoms with Crippen molar-refractivity contribution >= 4 is 11.6 Å². The first-order valence-electron chi connectivity index (χ1n) is 12.2. The highest BCUT2D eigenvalue weighted by Crippen LogP contribution is 2.29. The average molecular weight is 537 g/mol. The van der Waals surface area contributed by atoms with Gasteiger partial charge in [0.05, 0.1) is 13.7 Å². The van der Waals surface area contributed by atoms with Gasteiger partial charge in [-0.2, -0.15) is 13.2 Å². The minimum atomic E-state index is -4.22. The predicted octanol–water partition coefficient (Wildman–Crippen LogP) is 7.00. The van der Waals surface area contributed by atoms with Gasteiger partial charge < -0.3 is 19.8 Å². The number of hydrogen-bond acceptors (Lipinski definition) is 4. The highest BCUT2D eigenvalue weighted by Gasteiger charge is 2.26. The first-order chi connectivity index (χ1) is 18.6. The average Bonchev–Trinajstić information content (AvgIpc) is 2.91. The second kappa shape index (κ2) is 11.9. The zero-order chi connectivity index (χ0) is 28.0. The number of pyridine rings is 1. The fourth-order valence-electron chi connectivity index (χ4n) is 3.96. The summed E-state index contributed by atoms with van der Waals surface area (Å²) >= 11 is 0. The summed E-state index contributed by atoms with van der Waals surface area (Å²) in [7, 11) is 1.54. The molecule has 0 radical (unpaired) electrons. The minimum Gasteiger partial charge on any atom is -0.497 e. The largest absolute Gasteiger partial charge is 0.497 e. The number of aryl methyl sites for hydroxylation is 1. The van der Waals surface area contributed by atoms with E-state index in [-0.39, 0.29) is 18.6 Å². The Labute approximate surface area is 223 Å². The van der Waals surface area contributed by atoms with Crippen LogP contribution in [0.25, 0.3) is 22.4 Å². The Bertz CT molecular complexity index is 1480. The first kappa shape index (κ1) is 27.5. The molecule has 0 aliphatic carbocycles. The van der Waals surface area contributed by atoms with E-state index in [1.165, 1.54) is 0 Å². The molecule has 1 aromatic heterocycles. The maximum atomic E-state index is 13.3. The standard InChI is InChI=1S/C30H27F3N2O4/c1-19-4-6-20(7-5-19)25-18-26(21-8-12-24(13-9-21)39-17-3-16-30(31,32)33)35-29(37)27(25)28(36)34-22-10-14-23(38-2)15-11-22/h4-15,18H,3,16-17H2,1-2H3,(H,34,36)(H,35,37). The number of rotatable bonds is 9. The number of anilines is 1. The molecule has 4 rings (SSSR count). The zero-order valence-electron chi connectivity index (χ0n) is 21.4. The van der Waals surface area contributed by atoms with Gasteiger partial charge in [-0.15, -0.1) is 0 Å². The molecule has 4 aromatic rings. The molecule has 202 valence electrons. The number of aromatic nitrogens is 1. The lowest BCUT2D eigenvalue weighted by atomic mass is 9.97. The van der Waals surface area contributed by atoms with E-state index in [9.17, 15) is 22.8 Å². The Balaban J connectivity index is 1.63. The molecular formula is C30H27F3N2O4. The molecular weight excluding hydrogens is 509 g/mol. The molecule has 0 spiro atoms. The Kier molecular flexibility index (Phi) is 8.39. The van der Waals surface area contributed by atoms with Crippen LogP contribution in [0.15, 0.2) is 83.7 Å². The molecule has 0 saturated heterocycles. The van der Waals surface area contributed by atoms with Crippen molar-refractivity contribution < 1.29 is 27.4 Å². The molecule has 2 N–H and O–H groups in total. The molecule has 0 saturated carbocycles. The van der Waals surface area contributed by atoms with Gasteiger partial charge >= 0.3 is 6.18 Å². The number of alkyl halides is 3. The summed E-state index contributed by atoms with van der Waals surface area (Å²) in [5.74, 6) is 0.483.